The molecule has 0 aliphatic carbocycles. The van der Waals surface area contributed by atoms with Crippen molar-refractivity contribution < 1.29 is 9.53 Å². The molecule has 0 fully saturated rings. The fourth-order valence-electron chi connectivity index (χ4n) is 0.116. The van der Waals surface area contributed by atoms with Crippen molar-refractivity contribution in [1.82, 2.24) is 0 Å². The molecule has 0 aromatic rings. The van der Waals surface area contributed by atoms with Gasteiger partial charge in [-0.05, 0) is 67.8 Å². The summed E-state index contributed by atoms with van der Waals surface area (Å²) in [6.07, 6.45) is 0. The van der Waals surface area contributed by atoms with Crippen LogP contribution in [0.2, 0.25) is 0 Å². The lowest BCUT2D eigenvalue weighted by Crippen LogP contribution is -2.17. The molecule has 0 spiro atoms. The van der Waals surface area contributed by atoms with Gasteiger partial charge >= 0.3 is 5.97 Å². The topological polar surface area (TPSA) is 26.3 Å². The molecule has 0 aromatic heterocycles. The summed E-state index contributed by atoms with van der Waals surface area (Å²) in [6, 6.07) is 0. The second-order valence-electron chi connectivity index (χ2n) is 0.989. The predicted molar refractivity (Wildman–Crippen MR) is 56.8 cm³/mol. The Morgan fingerprint density at radius 1 is 1.50 bits per heavy atom. The van der Waals surface area contributed by atoms with Crippen molar-refractivity contribution in [3.63, 3.8) is 0 Å². The third-order valence-corrected chi connectivity index (χ3v) is 1.74. The number of esters is 1. The Morgan fingerprint density at radius 3 is 1.88 bits per heavy atom. The molecular weight excluding hydrogens is 449 g/mol. The fraction of sp³-hybridized carbons (Fsp3) is 0.667. The molecule has 2 nitrogen and oxygen atoms in total. The van der Waals surface area contributed by atoms with Crippen molar-refractivity contribution >= 4 is 73.7 Å². The molecule has 0 saturated carbocycles. The maximum absolute atomic E-state index is 10.6. The highest BCUT2D eigenvalue weighted by molar-refractivity contribution is 14.3. The SMILES string of the molecule is COC(=O)C(I)(I)I. The molecule has 0 bridgehead atoms. The number of rotatable bonds is 1. The minimum Gasteiger partial charge on any atom is -0.467 e. The number of carbonyl (C=O) groups is 1. The molecule has 48 valence electrons. The number of carbonyl (C=O) groups excluding carboxylic acids is 1. The van der Waals surface area contributed by atoms with E-state index in [-0.39, 0.29) is 5.97 Å². The summed E-state index contributed by atoms with van der Waals surface area (Å²) in [5.41, 5.74) is 0. The normalized spacial score (nSPS) is 11.0. The Labute approximate surface area is 88.5 Å². The van der Waals surface area contributed by atoms with Gasteiger partial charge in [0.25, 0.3) is 0 Å². The standard InChI is InChI=1S/C3H3I3O2/c1-8-2(7)3(4,5)6/h1H3. The van der Waals surface area contributed by atoms with Crippen molar-refractivity contribution in [3.8, 4) is 0 Å². The van der Waals surface area contributed by atoms with Gasteiger partial charge in [-0.1, -0.05) is 0 Å². The van der Waals surface area contributed by atoms with Crippen LogP contribution in [0.5, 0.6) is 0 Å². The third kappa shape index (κ3) is 3.64. The van der Waals surface area contributed by atoms with E-state index in [2.05, 4.69) is 4.74 Å². The molecule has 0 radical (unpaired) electrons. The van der Waals surface area contributed by atoms with E-state index >= 15 is 0 Å². The number of methoxy groups -OCH3 is 1. The first-order valence-corrected chi connectivity index (χ1v) is 4.87. The van der Waals surface area contributed by atoms with Gasteiger partial charge in [-0.25, -0.2) is 4.79 Å². The van der Waals surface area contributed by atoms with Crippen LogP contribution < -0.4 is 0 Å². The zero-order valence-corrected chi connectivity index (χ0v) is 10.4. The highest BCUT2D eigenvalue weighted by atomic mass is 127. The maximum atomic E-state index is 10.6. The van der Waals surface area contributed by atoms with Crippen molar-refractivity contribution in [2.45, 2.75) is -0.565 Å². The number of hydrogen-bond donors (Lipinski definition) is 0. The van der Waals surface area contributed by atoms with Gasteiger partial charge in [0.1, 0.15) is 0 Å². The van der Waals surface area contributed by atoms with Gasteiger partial charge in [0.15, 0.2) is 0 Å². The van der Waals surface area contributed by atoms with Gasteiger partial charge < -0.3 is 4.74 Å². The third-order valence-electron chi connectivity index (χ3n) is 0.417. The summed E-state index contributed by atoms with van der Waals surface area (Å²) in [6.45, 7) is 0. The lowest BCUT2D eigenvalue weighted by atomic mass is 10.8. The molecule has 0 aliphatic heterocycles. The van der Waals surface area contributed by atoms with Gasteiger partial charge in [0, 0.05) is 0 Å². The van der Waals surface area contributed by atoms with Crippen LogP contribution in [0.1, 0.15) is 0 Å². The van der Waals surface area contributed by atoms with E-state index in [0.717, 1.165) is 0 Å². The number of ether oxygens (including phenoxy) is 1. The van der Waals surface area contributed by atoms with Crippen LogP contribution in [0, 0.1) is 0 Å². The largest absolute Gasteiger partial charge is 0.467 e. The summed E-state index contributed by atoms with van der Waals surface area (Å²) in [5, 5.41) is 0. The van der Waals surface area contributed by atoms with Crippen molar-refractivity contribution in [2.75, 3.05) is 7.11 Å². The van der Waals surface area contributed by atoms with Gasteiger partial charge in [-0.3, -0.25) is 0 Å². The summed E-state index contributed by atoms with van der Waals surface area (Å²) in [5.74, 6) is -0.209. The van der Waals surface area contributed by atoms with E-state index in [1.165, 1.54) is 7.11 Å². The first kappa shape index (κ1) is 9.66. The molecule has 0 unspecified atom stereocenters. The molecule has 0 saturated heterocycles. The smallest absolute Gasteiger partial charge is 0.342 e. The van der Waals surface area contributed by atoms with Crippen molar-refractivity contribution in [1.29, 1.82) is 0 Å². The van der Waals surface area contributed by atoms with E-state index in [1.54, 1.807) is 0 Å². The highest BCUT2D eigenvalue weighted by Crippen LogP contribution is 2.36. The van der Waals surface area contributed by atoms with E-state index < -0.39 is -0.565 Å². The Kier molecular flexibility index (Phi) is 4.51. The van der Waals surface area contributed by atoms with Crippen LogP contribution in [0.25, 0.3) is 0 Å². The molecule has 0 rings (SSSR count). The van der Waals surface area contributed by atoms with Crippen LogP contribution in [0.15, 0.2) is 0 Å². The van der Waals surface area contributed by atoms with Gasteiger partial charge in [-0.15, -0.1) is 0 Å². The number of hydrogen-bond acceptors (Lipinski definition) is 2. The van der Waals surface area contributed by atoms with E-state index in [0.29, 0.717) is 0 Å². The highest BCUT2D eigenvalue weighted by Gasteiger charge is 2.28. The van der Waals surface area contributed by atoms with Crippen LogP contribution >= 0.6 is 67.8 Å². The lowest BCUT2D eigenvalue weighted by Gasteiger charge is -2.06. The van der Waals surface area contributed by atoms with Crippen LogP contribution in [-0.4, -0.2) is 12.5 Å². The number of alkyl halides is 3. The Morgan fingerprint density at radius 2 is 1.88 bits per heavy atom. The molecular formula is C3H3I3O2. The second kappa shape index (κ2) is 3.74. The Hall–Kier alpha value is 1.66. The first-order valence-electron chi connectivity index (χ1n) is 1.63. The number of halogens is 3. The zero-order chi connectivity index (χ0) is 6.78. The first-order chi connectivity index (χ1) is 3.48. The molecule has 0 N–H and O–H groups in total. The molecule has 0 heterocycles. The zero-order valence-electron chi connectivity index (χ0n) is 3.95. The summed E-state index contributed by atoms with van der Waals surface area (Å²) in [7, 11) is 1.38. The minimum absolute atomic E-state index is 0.209. The summed E-state index contributed by atoms with van der Waals surface area (Å²) >= 11 is 6.00. The fourth-order valence-corrected chi connectivity index (χ4v) is 0.776. The van der Waals surface area contributed by atoms with Gasteiger partial charge in [0.05, 0.1) is 7.11 Å². The second-order valence-corrected chi connectivity index (χ2v) is 12.0. The Balaban J connectivity index is 3.82. The average molecular weight is 452 g/mol. The molecule has 0 atom stereocenters. The quantitative estimate of drug-likeness (QED) is 0.347. The van der Waals surface area contributed by atoms with Gasteiger partial charge in [0.2, 0.25) is -0.565 Å². The molecule has 0 aromatic carbocycles. The van der Waals surface area contributed by atoms with E-state index in [4.69, 9.17) is 0 Å². The Bertz CT molecular complexity index is 95.2. The lowest BCUT2D eigenvalue weighted by molar-refractivity contribution is -0.137. The van der Waals surface area contributed by atoms with Crippen LogP contribution in [-0.2, 0) is 9.53 Å². The monoisotopic (exact) mass is 452 g/mol. The molecule has 0 amide bonds. The van der Waals surface area contributed by atoms with Crippen LogP contribution in [0.4, 0.5) is 0 Å². The van der Waals surface area contributed by atoms with Crippen molar-refractivity contribution in [2.24, 2.45) is 0 Å². The van der Waals surface area contributed by atoms with Gasteiger partial charge in [-0.2, -0.15) is 0 Å². The molecule has 5 heteroatoms. The molecule has 8 heavy (non-hydrogen) atoms. The van der Waals surface area contributed by atoms with E-state index in [1.807, 2.05) is 67.8 Å². The summed E-state index contributed by atoms with van der Waals surface area (Å²) < 4.78 is 4.01. The average Bonchev–Trinajstić information content (AvgIpc) is 1.62. The maximum Gasteiger partial charge on any atom is 0.342 e. The minimum atomic E-state index is -0.442. The molecule has 0 aliphatic rings. The van der Waals surface area contributed by atoms with E-state index in [9.17, 15) is 4.79 Å². The predicted octanol–water partition coefficient (Wildman–Crippen LogP) is 2.12. The summed E-state index contributed by atoms with van der Waals surface area (Å²) in [4.78, 5) is 10.6. The van der Waals surface area contributed by atoms with Crippen molar-refractivity contribution in [3.05, 3.63) is 0 Å². The van der Waals surface area contributed by atoms with Crippen LogP contribution in [0.3, 0.4) is 0 Å².